The van der Waals surface area contributed by atoms with Gasteiger partial charge in [0.25, 0.3) is 0 Å². The first-order chi connectivity index (χ1) is 9.36. The lowest BCUT2D eigenvalue weighted by Crippen LogP contribution is -2.30. The molecule has 1 aliphatic rings. The van der Waals surface area contributed by atoms with Gasteiger partial charge >= 0.3 is 6.18 Å². The molecule has 0 aromatic carbocycles. The first kappa shape index (κ1) is 15.7. The van der Waals surface area contributed by atoms with Crippen LogP contribution in [-0.2, 0) is 17.5 Å². The van der Waals surface area contributed by atoms with Gasteiger partial charge in [0, 0.05) is 19.7 Å². The number of aromatic nitrogens is 1. The highest BCUT2D eigenvalue weighted by Crippen LogP contribution is 2.34. The number of hydrogen-bond acceptors (Lipinski definition) is 4. The number of hydrogen-bond donors (Lipinski definition) is 0. The van der Waals surface area contributed by atoms with E-state index in [-0.39, 0.29) is 6.54 Å². The van der Waals surface area contributed by atoms with Gasteiger partial charge in [-0.15, -0.1) is 11.3 Å². The van der Waals surface area contributed by atoms with Crippen LogP contribution in [0.3, 0.4) is 0 Å². The summed E-state index contributed by atoms with van der Waals surface area (Å²) in [7, 11) is 1.85. The third kappa shape index (κ3) is 4.17. The standard InChI is InChI=1S/C13H19F3N2OS/c1-9-17-12(13(14,15)16)11(20-9)7-18(2)6-10-4-3-5-19-8-10/h10H,3-8H2,1-2H3. The maximum atomic E-state index is 12.9. The van der Waals surface area contributed by atoms with E-state index in [0.29, 0.717) is 22.4 Å². The summed E-state index contributed by atoms with van der Waals surface area (Å²) in [4.78, 5) is 5.86. The molecule has 7 heteroatoms. The third-order valence-corrected chi connectivity index (χ3v) is 4.27. The maximum absolute atomic E-state index is 12.9. The van der Waals surface area contributed by atoms with E-state index < -0.39 is 11.9 Å². The first-order valence-electron chi connectivity index (χ1n) is 6.66. The Hall–Kier alpha value is -0.660. The molecule has 1 atom stereocenters. The van der Waals surface area contributed by atoms with Gasteiger partial charge in [0.15, 0.2) is 5.69 Å². The van der Waals surface area contributed by atoms with Crippen LogP contribution in [0.15, 0.2) is 0 Å². The summed E-state index contributed by atoms with van der Waals surface area (Å²) in [6, 6.07) is 0. The first-order valence-corrected chi connectivity index (χ1v) is 7.47. The number of thiazole rings is 1. The average Bonchev–Trinajstić information content (AvgIpc) is 2.71. The van der Waals surface area contributed by atoms with Crippen molar-refractivity contribution in [2.45, 2.75) is 32.5 Å². The van der Waals surface area contributed by atoms with E-state index in [1.165, 1.54) is 0 Å². The second-order valence-electron chi connectivity index (χ2n) is 5.28. The quantitative estimate of drug-likeness (QED) is 0.853. The third-order valence-electron chi connectivity index (χ3n) is 3.31. The largest absolute Gasteiger partial charge is 0.434 e. The Balaban J connectivity index is 1.98. The number of rotatable bonds is 4. The molecule has 0 saturated carbocycles. The average molecular weight is 308 g/mol. The Kier molecular flexibility index (Phi) is 5.04. The highest BCUT2D eigenvalue weighted by atomic mass is 32.1. The van der Waals surface area contributed by atoms with Crippen molar-refractivity contribution in [2.75, 3.05) is 26.8 Å². The topological polar surface area (TPSA) is 25.4 Å². The van der Waals surface area contributed by atoms with Crippen LogP contribution in [0, 0.1) is 12.8 Å². The molecule has 3 nitrogen and oxygen atoms in total. The van der Waals surface area contributed by atoms with Gasteiger partial charge < -0.3 is 9.64 Å². The molecule has 1 aliphatic heterocycles. The second kappa shape index (κ2) is 6.41. The van der Waals surface area contributed by atoms with E-state index in [4.69, 9.17) is 4.74 Å². The van der Waals surface area contributed by atoms with Crippen LogP contribution >= 0.6 is 11.3 Å². The maximum Gasteiger partial charge on any atom is 0.434 e. The van der Waals surface area contributed by atoms with Crippen molar-refractivity contribution in [3.63, 3.8) is 0 Å². The van der Waals surface area contributed by atoms with Gasteiger partial charge in [-0.05, 0) is 32.7 Å². The Morgan fingerprint density at radius 3 is 2.80 bits per heavy atom. The zero-order valence-electron chi connectivity index (χ0n) is 11.7. The molecule has 0 amide bonds. The minimum atomic E-state index is -4.37. The van der Waals surface area contributed by atoms with Crippen molar-refractivity contribution in [1.29, 1.82) is 0 Å². The van der Waals surface area contributed by atoms with Crippen LogP contribution in [0.2, 0.25) is 0 Å². The smallest absolute Gasteiger partial charge is 0.381 e. The fourth-order valence-electron chi connectivity index (χ4n) is 2.50. The lowest BCUT2D eigenvalue weighted by Gasteiger charge is -2.27. The lowest BCUT2D eigenvalue weighted by molar-refractivity contribution is -0.141. The summed E-state index contributed by atoms with van der Waals surface area (Å²) < 4.78 is 44.0. The van der Waals surface area contributed by atoms with Crippen molar-refractivity contribution in [3.8, 4) is 0 Å². The van der Waals surface area contributed by atoms with Gasteiger partial charge in [-0.3, -0.25) is 0 Å². The Morgan fingerprint density at radius 2 is 2.20 bits per heavy atom. The minimum Gasteiger partial charge on any atom is -0.381 e. The summed E-state index contributed by atoms with van der Waals surface area (Å²) in [5.41, 5.74) is -0.730. The molecule has 114 valence electrons. The van der Waals surface area contributed by atoms with E-state index in [1.807, 2.05) is 11.9 Å². The van der Waals surface area contributed by atoms with E-state index in [0.717, 1.165) is 37.3 Å². The molecule has 0 N–H and O–H groups in total. The molecule has 2 heterocycles. The van der Waals surface area contributed by atoms with Crippen molar-refractivity contribution in [3.05, 3.63) is 15.6 Å². The van der Waals surface area contributed by atoms with Crippen LogP contribution < -0.4 is 0 Å². The van der Waals surface area contributed by atoms with Crippen molar-refractivity contribution in [2.24, 2.45) is 5.92 Å². The molecule has 1 unspecified atom stereocenters. The van der Waals surface area contributed by atoms with E-state index >= 15 is 0 Å². The normalized spacial score (nSPS) is 20.6. The summed E-state index contributed by atoms with van der Waals surface area (Å²) in [6.45, 7) is 4.16. The van der Waals surface area contributed by atoms with Crippen LogP contribution in [0.1, 0.15) is 28.4 Å². The molecule has 0 aliphatic carbocycles. The van der Waals surface area contributed by atoms with Crippen molar-refractivity contribution < 1.29 is 17.9 Å². The van der Waals surface area contributed by atoms with Crippen LogP contribution in [-0.4, -0.2) is 36.7 Å². The number of nitrogens with zero attached hydrogens (tertiary/aromatic N) is 2. The molecule has 1 aromatic heterocycles. The Bertz CT molecular complexity index is 441. The van der Waals surface area contributed by atoms with Gasteiger partial charge in [0.2, 0.25) is 0 Å². The number of ether oxygens (including phenoxy) is 1. The number of alkyl halides is 3. The van der Waals surface area contributed by atoms with E-state index in [9.17, 15) is 13.2 Å². The molecule has 20 heavy (non-hydrogen) atoms. The monoisotopic (exact) mass is 308 g/mol. The molecule has 0 radical (unpaired) electrons. The van der Waals surface area contributed by atoms with Crippen LogP contribution in [0.4, 0.5) is 13.2 Å². The number of aryl methyl sites for hydroxylation is 1. The van der Waals surface area contributed by atoms with Crippen LogP contribution in [0.5, 0.6) is 0 Å². The summed E-state index contributed by atoms with van der Waals surface area (Å²) in [5.74, 6) is 0.414. The van der Waals surface area contributed by atoms with Gasteiger partial charge in [-0.2, -0.15) is 13.2 Å². The van der Waals surface area contributed by atoms with Gasteiger partial charge in [0.1, 0.15) is 0 Å². The number of halogens is 3. The zero-order valence-corrected chi connectivity index (χ0v) is 12.5. The fourth-order valence-corrected chi connectivity index (χ4v) is 3.54. The highest BCUT2D eigenvalue weighted by molar-refractivity contribution is 7.11. The SMILES string of the molecule is Cc1nc(C(F)(F)F)c(CN(C)CC2CCCOC2)s1. The predicted molar refractivity (Wildman–Crippen MR) is 71.7 cm³/mol. The van der Waals surface area contributed by atoms with E-state index in [2.05, 4.69) is 4.98 Å². The fraction of sp³-hybridized carbons (Fsp3) is 0.769. The molecule has 1 saturated heterocycles. The molecular weight excluding hydrogens is 289 g/mol. The lowest BCUT2D eigenvalue weighted by atomic mass is 10.0. The predicted octanol–water partition coefficient (Wildman–Crippen LogP) is 3.33. The van der Waals surface area contributed by atoms with Gasteiger partial charge in [-0.1, -0.05) is 0 Å². The van der Waals surface area contributed by atoms with Gasteiger partial charge in [0.05, 0.1) is 16.5 Å². The Labute approximate surface area is 120 Å². The van der Waals surface area contributed by atoms with Crippen molar-refractivity contribution >= 4 is 11.3 Å². The van der Waals surface area contributed by atoms with E-state index in [1.54, 1.807) is 6.92 Å². The zero-order chi connectivity index (χ0) is 14.8. The summed E-state index contributed by atoms with van der Waals surface area (Å²) in [5, 5.41) is 0.460. The molecule has 1 fully saturated rings. The van der Waals surface area contributed by atoms with Crippen molar-refractivity contribution in [1.82, 2.24) is 9.88 Å². The molecule has 0 bridgehead atoms. The summed E-state index contributed by atoms with van der Waals surface area (Å²) in [6.07, 6.45) is -2.25. The second-order valence-corrected chi connectivity index (χ2v) is 6.57. The molecular formula is C13H19F3N2OS. The Morgan fingerprint density at radius 1 is 1.45 bits per heavy atom. The molecule has 1 aromatic rings. The summed E-state index contributed by atoms with van der Waals surface area (Å²) >= 11 is 1.13. The van der Waals surface area contributed by atoms with Gasteiger partial charge in [-0.25, -0.2) is 4.98 Å². The molecule has 0 spiro atoms. The van der Waals surface area contributed by atoms with Crippen LogP contribution in [0.25, 0.3) is 0 Å². The molecule has 2 rings (SSSR count). The minimum absolute atomic E-state index is 0.289. The highest BCUT2D eigenvalue weighted by Gasteiger charge is 2.37.